The quantitative estimate of drug-likeness (QED) is 0.319. The van der Waals surface area contributed by atoms with Crippen molar-refractivity contribution in [2.24, 2.45) is 30.0 Å². The van der Waals surface area contributed by atoms with Crippen LogP contribution in [0.3, 0.4) is 0 Å². The zero-order valence-corrected chi connectivity index (χ0v) is 27.5. The van der Waals surface area contributed by atoms with Gasteiger partial charge >= 0.3 is 0 Å². The smallest absolute Gasteiger partial charge is 0.254 e. The second kappa shape index (κ2) is 10.6. The minimum Gasteiger partial charge on any atom is -0.494 e. The number of fused-ring (bicyclic) bond motifs is 5. The number of hydrogen-bond acceptors (Lipinski definition) is 6. The number of nitrogens with zero attached hydrogens (tertiary/aromatic N) is 5. The van der Waals surface area contributed by atoms with Gasteiger partial charge in [-0.3, -0.25) is 9.59 Å². The van der Waals surface area contributed by atoms with Crippen LogP contribution >= 0.6 is 0 Å². The number of nitrogens with one attached hydrogen (secondary N) is 1. The summed E-state index contributed by atoms with van der Waals surface area (Å²) < 4.78 is 10.3. The van der Waals surface area contributed by atoms with Gasteiger partial charge in [0.15, 0.2) is 5.82 Å². The lowest BCUT2D eigenvalue weighted by molar-refractivity contribution is -0.130. The van der Waals surface area contributed by atoms with E-state index in [-0.39, 0.29) is 36.0 Å². The van der Waals surface area contributed by atoms with Gasteiger partial charge in [-0.1, -0.05) is 26.7 Å². The first-order chi connectivity index (χ1) is 22.0. The Morgan fingerprint density at radius 1 is 1.09 bits per heavy atom. The first kappa shape index (κ1) is 29.5. The number of pyridine rings is 1. The van der Waals surface area contributed by atoms with E-state index in [4.69, 9.17) is 20.4 Å². The van der Waals surface area contributed by atoms with Gasteiger partial charge in [0, 0.05) is 48.1 Å². The second-order valence-electron chi connectivity index (χ2n) is 15.0. The van der Waals surface area contributed by atoms with Crippen LogP contribution < -0.4 is 15.8 Å². The van der Waals surface area contributed by atoms with E-state index in [0.29, 0.717) is 23.1 Å². The number of ether oxygens (including phenoxy) is 1. The number of carbonyl (C=O) groups excluding carboxylic acids is 2. The number of nitrogens with two attached hydrogens (primary N) is 1. The molecule has 0 radical (unpaired) electrons. The fourth-order valence-corrected chi connectivity index (χ4v) is 8.58. The number of benzene rings is 1. The van der Waals surface area contributed by atoms with Crippen molar-refractivity contribution in [3.63, 3.8) is 0 Å². The van der Waals surface area contributed by atoms with Crippen LogP contribution in [-0.4, -0.2) is 61.1 Å². The Bertz CT molecular complexity index is 1890. The molecule has 4 aliphatic rings. The molecule has 1 saturated carbocycles. The number of amides is 2. The van der Waals surface area contributed by atoms with Crippen molar-refractivity contribution in [2.75, 3.05) is 7.11 Å². The molecule has 242 valence electrons. The number of rotatable bonds is 3. The number of aryl methyl sites for hydroxylation is 1. The Labute approximate surface area is 269 Å². The summed E-state index contributed by atoms with van der Waals surface area (Å²) in [5, 5.41) is 4.27. The molecule has 0 spiro atoms. The zero-order valence-electron chi connectivity index (χ0n) is 27.5. The Kier molecular flexibility index (Phi) is 6.76. The van der Waals surface area contributed by atoms with E-state index in [0.717, 1.165) is 84.3 Å². The summed E-state index contributed by atoms with van der Waals surface area (Å²) in [7, 11) is 3.66. The van der Waals surface area contributed by atoms with Crippen molar-refractivity contribution in [1.29, 1.82) is 0 Å². The molecule has 6 heterocycles. The molecule has 4 aromatic rings. The summed E-state index contributed by atoms with van der Waals surface area (Å²) in [6.45, 7) is 6.98. The topological polar surface area (TPSA) is 120 Å². The third-order valence-corrected chi connectivity index (χ3v) is 11.5. The van der Waals surface area contributed by atoms with Gasteiger partial charge in [-0.05, 0) is 81.2 Å². The summed E-state index contributed by atoms with van der Waals surface area (Å²) >= 11 is 0. The van der Waals surface area contributed by atoms with Crippen LogP contribution in [0.4, 0.5) is 0 Å². The van der Waals surface area contributed by atoms with Crippen molar-refractivity contribution in [3.05, 3.63) is 41.6 Å². The summed E-state index contributed by atoms with van der Waals surface area (Å²) in [5.41, 5.74) is 10.9. The van der Waals surface area contributed by atoms with E-state index in [1.54, 1.807) is 7.11 Å². The molecular weight excluding hydrogens is 578 g/mol. The molecule has 10 heteroatoms. The van der Waals surface area contributed by atoms with Crippen molar-refractivity contribution in [3.8, 4) is 17.3 Å². The van der Waals surface area contributed by atoms with Crippen LogP contribution in [-0.2, 0) is 18.4 Å². The highest BCUT2D eigenvalue weighted by Gasteiger charge is 2.47. The fourth-order valence-electron chi connectivity index (χ4n) is 8.58. The molecule has 0 unspecified atom stereocenters. The highest BCUT2D eigenvalue weighted by Crippen LogP contribution is 2.46. The van der Waals surface area contributed by atoms with E-state index in [1.807, 2.05) is 37.1 Å². The molecule has 3 N–H and O–H groups in total. The number of imidazole rings is 1. The Morgan fingerprint density at radius 2 is 1.91 bits per heavy atom. The van der Waals surface area contributed by atoms with Crippen molar-refractivity contribution >= 4 is 33.9 Å². The lowest BCUT2D eigenvalue weighted by Gasteiger charge is -2.26. The lowest BCUT2D eigenvalue weighted by Crippen LogP contribution is -2.40. The van der Waals surface area contributed by atoms with Crippen molar-refractivity contribution < 1.29 is 14.3 Å². The molecule has 2 saturated heterocycles. The molecule has 8 rings (SSSR count). The minimum absolute atomic E-state index is 0.0104. The summed E-state index contributed by atoms with van der Waals surface area (Å²) in [4.78, 5) is 39.4. The second-order valence-corrected chi connectivity index (χ2v) is 15.0. The molecule has 3 aliphatic heterocycles. The molecule has 1 aliphatic carbocycles. The Morgan fingerprint density at radius 3 is 2.65 bits per heavy atom. The standard InChI is InChI=1S/C36H45N7O3/c1-19-26-10-8-21-15-29(42(32(21)39-26)18-23-13-20(23)7-6-12-36(2,3)35(45)38-19)33-40-27-14-22(16-30(46-5)31(27)41(33)4)34(44)43-24-9-11-28(43)25(37)17-24/h8,10,14-16,19-20,23-25,28H,6-7,9,11-13,17-18,37H2,1-5H3,(H,38,45)/t19-,20-,23-,24+,25-,28-/m1/s1. The highest BCUT2D eigenvalue weighted by molar-refractivity contribution is 6.00. The summed E-state index contributed by atoms with van der Waals surface area (Å²) in [6, 6.07) is 10.2. The summed E-state index contributed by atoms with van der Waals surface area (Å²) in [6.07, 6.45) is 7.09. The third-order valence-electron chi connectivity index (χ3n) is 11.5. The lowest BCUT2D eigenvalue weighted by atomic mass is 9.85. The normalized spacial score (nSPS) is 28.8. The number of aromatic nitrogens is 4. The van der Waals surface area contributed by atoms with E-state index in [9.17, 15) is 9.59 Å². The largest absolute Gasteiger partial charge is 0.494 e. The Balaban J connectivity index is 1.22. The molecule has 46 heavy (non-hydrogen) atoms. The van der Waals surface area contributed by atoms with Crippen LogP contribution in [0.5, 0.6) is 5.75 Å². The van der Waals surface area contributed by atoms with Crippen molar-refractivity contribution in [1.82, 2.24) is 29.3 Å². The number of methoxy groups -OCH3 is 1. The van der Waals surface area contributed by atoms with Gasteiger partial charge in [0.25, 0.3) is 5.91 Å². The molecule has 6 atom stereocenters. The summed E-state index contributed by atoms with van der Waals surface area (Å²) in [5.74, 6) is 2.74. The van der Waals surface area contributed by atoms with Gasteiger partial charge in [0.2, 0.25) is 5.91 Å². The van der Waals surface area contributed by atoms with E-state index < -0.39 is 5.41 Å². The van der Waals surface area contributed by atoms with Gasteiger partial charge in [0.05, 0.1) is 30.1 Å². The molecule has 10 nitrogen and oxygen atoms in total. The predicted molar refractivity (Wildman–Crippen MR) is 177 cm³/mol. The zero-order chi connectivity index (χ0) is 32.1. The maximum atomic E-state index is 13.8. The van der Waals surface area contributed by atoms with Gasteiger partial charge < -0.3 is 29.8 Å². The fraction of sp³-hybridized carbons (Fsp3) is 0.556. The van der Waals surface area contributed by atoms with Crippen LogP contribution in [0.15, 0.2) is 30.3 Å². The third kappa shape index (κ3) is 4.62. The number of hydrogen-bond donors (Lipinski definition) is 2. The van der Waals surface area contributed by atoms with E-state index in [2.05, 4.69) is 40.4 Å². The molecule has 4 bridgehead atoms. The minimum atomic E-state index is -0.410. The monoisotopic (exact) mass is 623 g/mol. The van der Waals surface area contributed by atoms with Crippen molar-refractivity contribution in [2.45, 2.75) is 96.4 Å². The average molecular weight is 624 g/mol. The Hall–Kier alpha value is -3.92. The van der Waals surface area contributed by atoms with Gasteiger partial charge in [-0.15, -0.1) is 0 Å². The number of carbonyl (C=O) groups is 2. The molecule has 3 fully saturated rings. The van der Waals surface area contributed by atoms with Gasteiger partial charge in [-0.2, -0.15) is 0 Å². The SMILES string of the molecule is COc1cc(C(=O)N2[C@H]3CC[C@@H]2[C@H](N)C3)cc2nc(-c3cc4ccc5nc4n3C[C@H]3C[C@H]3CCCC(C)(C)C(=O)N[C@@H]5C)n(C)c12. The van der Waals surface area contributed by atoms with Crippen LogP contribution in [0.1, 0.15) is 87.8 Å². The predicted octanol–water partition coefficient (Wildman–Crippen LogP) is 5.33. The van der Waals surface area contributed by atoms with E-state index >= 15 is 0 Å². The van der Waals surface area contributed by atoms with E-state index in [1.165, 1.54) is 6.42 Å². The first-order valence-corrected chi connectivity index (χ1v) is 17.0. The van der Waals surface area contributed by atoms with Crippen LogP contribution in [0, 0.1) is 17.3 Å². The maximum Gasteiger partial charge on any atom is 0.254 e. The maximum absolute atomic E-state index is 13.8. The highest BCUT2D eigenvalue weighted by atomic mass is 16.5. The van der Waals surface area contributed by atoms with Crippen LogP contribution in [0.25, 0.3) is 33.6 Å². The molecular formula is C36H45N7O3. The van der Waals surface area contributed by atoms with Gasteiger partial charge in [0.1, 0.15) is 16.9 Å². The van der Waals surface area contributed by atoms with Crippen LogP contribution in [0.2, 0.25) is 0 Å². The average Bonchev–Trinajstić information content (AvgIpc) is 3.29. The molecule has 1 aromatic carbocycles. The first-order valence-electron chi connectivity index (χ1n) is 17.0. The van der Waals surface area contributed by atoms with Gasteiger partial charge in [-0.25, -0.2) is 9.97 Å². The molecule has 2 amide bonds. The molecule has 3 aromatic heterocycles.